The number of hydrogen-bond donors (Lipinski definition) is 1. The van der Waals surface area contributed by atoms with E-state index in [1.165, 1.54) is 18.7 Å². The van der Waals surface area contributed by atoms with Gasteiger partial charge in [0.05, 0.1) is 11.4 Å². The number of fused-ring (bicyclic) bond motifs is 1. The summed E-state index contributed by atoms with van der Waals surface area (Å²) in [6.45, 7) is 2.10. The Morgan fingerprint density at radius 3 is 3.00 bits per heavy atom. The molecule has 2 rings (SSSR count). The lowest BCUT2D eigenvalue weighted by Gasteiger charge is -2.19. The number of rotatable bonds is 2. The minimum atomic E-state index is 0.0274. The first kappa shape index (κ1) is 12.0. The Kier molecular flexibility index (Phi) is 3.38. The molecule has 1 heterocycles. The molecule has 0 atom stereocenters. The van der Waals surface area contributed by atoms with E-state index in [0.717, 1.165) is 16.1 Å². The summed E-state index contributed by atoms with van der Waals surface area (Å²) in [5.74, 6) is 0.528. The van der Waals surface area contributed by atoms with E-state index >= 15 is 0 Å². The van der Waals surface area contributed by atoms with Crippen molar-refractivity contribution in [1.82, 2.24) is 4.90 Å². The zero-order valence-corrected chi connectivity index (χ0v) is 10.6. The highest BCUT2D eigenvalue weighted by molar-refractivity contribution is 8.00. The number of carbonyl (C=O) groups excluding carboxylic acids is 2. The van der Waals surface area contributed by atoms with Crippen LogP contribution in [0.2, 0.25) is 0 Å². The summed E-state index contributed by atoms with van der Waals surface area (Å²) in [5.41, 5.74) is 1.87. The van der Waals surface area contributed by atoms with Gasteiger partial charge in [-0.3, -0.25) is 9.59 Å². The molecule has 0 saturated carbocycles. The van der Waals surface area contributed by atoms with Crippen molar-refractivity contribution in [1.29, 1.82) is 0 Å². The van der Waals surface area contributed by atoms with E-state index in [-0.39, 0.29) is 11.8 Å². The van der Waals surface area contributed by atoms with Gasteiger partial charge in [0.25, 0.3) is 0 Å². The lowest BCUT2D eigenvalue weighted by atomic mass is 10.2. The van der Waals surface area contributed by atoms with Crippen molar-refractivity contribution in [2.24, 2.45) is 0 Å². The van der Waals surface area contributed by atoms with Gasteiger partial charge in [-0.25, -0.2) is 0 Å². The van der Waals surface area contributed by atoms with Crippen LogP contribution >= 0.6 is 11.8 Å². The first-order chi connectivity index (χ1) is 8.06. The van der Waals surface area contributed by atoms with Gasteiger partial charge in [-0.2, -0.15) is 0 Å². The molecule has 1 aliphatic rings. The summed E-state index contributed by atoms with van der Waals surface area (Å²) in [4.78, 5) is 25.1. The van der Waals surface area contributed by atoms with E-state index in [1.54, 1.807) is 11.9 Å². The van der Waals surface area contributed by atoms with E-state index in [2.05, 4.69) is 5.32 Å². The van der Waals surface area contributed by atoms with Crippen molar-refractivity contribution in [2.45, 2.75) is 18.4 Å². The number of anilines is 1. The zero-order chi connectivity index (χ0) is 12.4. The Labute approximate surface area is 104 Å². The predicted octanol–water partition coefficient (Wildman–Crippen LogP) is 1.71. The summed E-state index contributed by atoms with van der Waals surface area (Å²) < 4.78 is 0. The molecule has 1 aromatic carbocycles. The maximum atomic E-state index is 11.3. The third-order valence-corrected chi connectivity index (χ3v) is 3.71. The summed E-state index contributed by atoms with van der Waals surface area (Å²) >= 11 is 1.54. The van der Waals surface area contributed by atoms with Crippen molar-refractivity contribution >= 4 is 29.3 Å². The van der Waals surface area contributed by atoms with Crippen LogP contribution in [0.3, 0.4) is 0 Å². The Bertz CT molecular complexity index is 474. The molecular formula is C12H14N2O2S. The standard InChI is InChI=1S/C12H14N2O2S/c1-8(15)14(2)6-9-3-4-11-10(5-9)13-12(16)7-17-11/h3-5H,6-7H2,1-2H3,(H,13,16). The van der Waals surface area contributed by atoms with Crippen LogP contribution in [0.25, 0.3) is 0 Å². The molecule has 1 aromatic rings. The fourth-order valence-corrected chi connectivity index (χ4v) is 2.40. The van der Waals surface area contributed by atoms with Crippen LogP contribution in [0.4, 0.5) is 5.69 Å². The van der Waals surface area contributed by atoms with Gasteiger partial charge in [0.15, 0.2) is 0 Å². The summed E-state index contributed by atoms with van der Waals surface area (Å²) in [6, 6.07) is 5.91. The van der Waals surface area contributed by atoms with Crippen LogP contribution < -0.4 is 5.32 Å². The molecule has 0 saturated heterocycles. The SMILES string of the molecule is CC(=O)N(C)Cc1ccc2c(c1)NC(=O)CS2. The smallest absolute Gasteiger partial charge is 0.234 e. The zero-order valence-electron chi connectivity index (χ0n) is 9.82. The monoisotopic (exact) mass is 250 g/mol. The van der Waals surface area contributed by atoms with Gasteiger partial charge in [-0.1, -0.05) is 6.07 Å². The number of thioether (sulfide) groups is 1. The average Bonchev–Trinajstić information content (AvgIpc) is 2.28. The first-order valence-electron chi connectivity index (χ1n) is 5.33. The minimum Gasteiger partial charge on any atom is -0.342 e. The van der Waals surface area contributed by atoms with Gasteiger partial charge in [0.2, 0.25) is 11.8 Å². The third-order valence-electron chi connectivity index (χ3n) is 2.63. The van der Waals surface area contributed by atoms with Gasteiger partial charge >= 0.3 is 0 Å². The Hall–Kier alpha value is -1.49. The lowest BCUT2D eigenvalue weighted by Crippen LogP contribution is -2.23. The average molecular weight is 250 g/mol. The lowest BCUT2D eigenvalue weighted by molar-refractivity contribution is -0.128. The molecule has 17 heavy (non-hydrogen) atoms. The van der Waals surface area contributed by atoms with Gasteiger partial charge < -0.3 is 10.2 Å². The normalized spacial score (nSPS) is 13.9. The number of amides is 2. The second-order valence-electron chi connectivity index (χ2n) is 4.04. The van der Waals surface area contributed by atoms with E-state index in [4.69, 9.17) is 0 Å². The maximum Gasteiger partial charge on any atom is 0.234 e. The number of benzene rings is 1. The van der Waals surface area contributed by atoms with Crippen LogP contribution in [-0.2, 0) is 16.1 Å². The molecule has 5 heteroatoms. The highest BCUT2D eigenvalue weighted by Crippen LogP contribution is 2.32. The van der Waals surface area contributed by atoms with Crippen molar-refractivity contribution in [3.8, 4) is 0 Å². The van der Waals surface area contributed by atoms with Crippen molar-refractivity contribution in [3.63, 3.8) is 0 Å². The molecule has 0 aliphatic carbocycles. The van der Waals surface area contributed by atoms with Crippen LogP contribution in [0.1, 0.15) is 12.5 Å². The molecule has 4 nitrogen and oxygen atoms in total. The van der Waals surface area contributed by atoms with Gasteiger partial charge in [0, 0.05) is 25.4 Å². The van der Waals surface area contributed by atoms with Gasteiger partial charge in [-0.05, 0) is 17.7 Å². The molecule has 0 aromatic heterocycles. The Balaban J connectivity index is 2.18. The van der Waals surface area contributed by atoms with E-state index in [0.29, 0.717) is 12.3 Å². The number of nitrogens with one attached hydrogen (secondary N) is 1. The van der Waals surface area contributed by atoms with Crippen LogP contribution in [-0.4, -0.2) is 29.5 Å². The Morgan fingerprint density at radius 1 is 1.53 bits per heavy atom. The summed E-state index contributed by atoms with van der Waals surface area (Å²) in [6.07, 6.45) is 0. The minimum absolute atomic E-state index is 0.0274. The largest absolute Gasteiger partial charge is 0.342 e. The van der Waals surface area contributed by atoms with Crippen LogP contribution in [0.5, 0.6) is 0 Å². The van der Waals surface area contributed by atoms with Crippen molar-refractivity contribution < 1.29 is 9.59 Å². The molecule has 1 N–H and O–H groups in total. The topological polar surface area (TPSA) is 49.4 Å². The van der Waals surface area contributed by atoms with Crippen LogP contribution in [0.15, 0.2) is 23.1 Å². The van der Waals surface area contributed by atoms with Crippen molar-refractivity contribution in [2.75, 3.05) is 18.1 Å². The number of hydrogen-bond acceptors (Lipinski definition) is 3. The van der Waals surface area contributed by atoms with Gasteiger partial charge in [0.1, 0.15) is 0 Å². The number of nitrogens with zero attached hydrogens (tertiary/aromatic N) is 1. The highest BCUT2D eigenvalue weighted by atomic mass is 32.2. The predicted molar refractivity (Wildman–Crippen MR) is 67.9 cm³/mol. The van der Waals surface area contributed by atoms with Crippen molar-refractivity contribution in [3.05, 3.63) is 23.8 Å². The molecule has 2 amide bonds. The quantitative estimate of drug-likeness (QED) is 0.869. The van der Waals surface area contributed by atoms with E-state index < -0.39 is 0 Å². The molecule has 1 aliphatic heterocycles. The molecule has 0 radical (unpaired) electrons. The second kappa shape index (κ2) is 4.79. The van der Waals surface area contributed by atoms with Crippen LogP contribution in [0, 0.1) is 0 Å². The highest BCUT2D eigenvalue weighted by Gasteiger charge is 2.15. The fraction of sp³-hybridized carbons (Fsp3) is 0.333. The molecule has 0 bridgehead atoms. The molecule has 0 spiro atoms. The van der Waals surface area contributed by atoms with E-state index in [1.807, 2.05) is 18.2 Å². The second-order valence-corrected chi connectivity index (χ2v) is 5.06. The third kappa shape index (κ3) is 2.79. The first-order valence-corrected chi connectivity index (χ1v) is 6.32. The fourth-order valence-electron chi connectivity index (χ4n) is 1.61. The molecule has 0 fully saturated rings. The number of carbonyl (C=O) groups is 2. The molecular weight excluding hydrogens is 236 g/mol. The Morgan fingerprint density at radius 2 is 2.29 bits per heavy atom. The molecule has 90 valence electrons. The maximum absolute atomic E-state index is 11.3. The summed E-state index contributed by atoms with van der Waals surface area (Å²) in [5, 5.41) is 2.84. The van der Waals surface area contributed by atoms with E-state index in [9.17, 15) is 9.59 Å². The molecule has 0 unspecified atom stereocenters. The van der Waals surface area contributed by atoms with Gasteiger partial charge in [-0.15, -0.1) is 11.8 Å². The summed E-state index contributed by atoms with van der Waals surface area (Å²) in [7, 11) is 1.76.